The van der Waals surface area contributed by atoms with Crippen molar-refractivity contribution in [1.29, 1.82) is 0 Å². The molecule has 0 fully saturated rings. The lowest BCUT2D eigenvalue weighted by atomic mass is 10.1. The van der Waals surface area contributed by atoms with Crippen molar-refractivity contribution in [2.24, 2.45) is 0 Å². The minimum absolute atomic E-state index is 0.0240. The largest absolute Gasteiger partial charge is 0.573 e. The first kappa shape index (κ1) is 15.0. The number of aromatic amines is 1. The first-order valence-electron chi connectivity index (χ1n) is 6.38. The van der Waals surface area contributed by atoms with Crippen molar-refractivity contribution >= 4 is 11.3 Å². The molecular formula is C13H9F3N4O3. The Kier molecular flexibility index (Phi) is 3.51. The summed E-state index contributed by atoms with van der Waals surface area (Å²) in [6.45, 7) is 1.63. The van der Waals surface area contributed by atoms with E-state index in [1.54, 1.807) is 13.0 Å². The second kappa shape index (κ2) is 5.38. The first-order chi connectivity index (χ1) is 10.8. The normalized spacial score (nSPS) is 11.8. The van der Waals surface area contributed by atoms with E-state index in [1.165, 1.54) is 12.1 Å². The summed E-state index contributed by atoms with van der Waals surface area (Å²) in [5.41, 5.74) is 0.267. The van der Waals surface area contributed by atoms with Crippen LogP contribution in [0.15, 0.2) is 27.6 Å². The molecule has 0 unspecified atom stereocenters. The topological polar surface area (TPSA) is 93.9 Å². The van der Waals surface area contributed by atoms with E-state index in [9.17, 15) is 18.0 Å². The number of halogens is 3. The number of rotatable bonds is 3. The third-order valence-electron chi connectivity index (χ3n) is 3.01. The van der Waals surface area contributed by atoms with Crippen LogP contribution in [0, 0.1) is 6.92 Å². The van der Waals surface area contributed by atoms with Crippen molar-refractivity contribution in [3.63, 3.8) is 0 Å². The van der Waals surface area contributed by atoms with Gasteiger partial charge in [0.1, 0.15) is 11.4 Å². The summed E-state index contributed by atoms with van der Waals surface area (Å²) in [5.74, 6) is -0.378. The van der Waals surface area contributed by atoms with E-state index in [0.29, 0.717) is 5.56 Å². The molecule has 2 aromatic heterocycles. The molecule has 120 valence electrons. The highest BCUT2D eigenvalue weighted by atomic mass is 19.4. The van der Waals surface area contributed by atoms with Gasteiger partial charge in [0.2, 0.25) is 11.3 Å². The summed E-state index contributed by atoms with van der Waals surface area (Å²) >= 11 is 0. The first-order valence-corrected chi connectivity index (χ1v) is 6.38. The lowest BCUT2D eigenvalue weighted by Gasteiger charge is -2.13. The van der Waals surface area contributed by atoms with E-state index < -0.39 is 11.9 Å². The number of hydrogen-bond donors (Lipinski definition) is 1. The SMILES string of the molecule is Cc1ccc(Cc2nc3nonc3[nH]c2=O)c(OC(F)(F)F)c1. The number of aromatic nitrogens is 4. The highest BCUT2D eigenvalue weighted by Gasteiger charge is 2.32. The minimum atomic E-state index is -4.83. The molecule has 0 amide bonds. The molecule has 0 spiro atoms. The van der Waals surface area contributed by atoms with E-state index in [1.807, 2.05) is 0 Å². The van der Waals surface area contributed by atoms with Gasteiger partial charge in [0, 0.05) is 12.0 Å². The van der Waals surface area contributed by atoms with Crippen molar-refractivity contribution in [2.45, 2.75) is 19.7 Å². The molecule has 10 heteroatoms. The molecule has 0 bridgehead atoms. The van der Waals surface area contributed by atoms with Gasteiger partial charge in [-0.2, -0.15) is 0 Å². The van der Waals surface area contributed by atoms with E-state index in [2.05, 4.69) is 29.6 Å². The Labute approximate surface area is 126 Å². The third kappa shape index (κ3) is 3.30. The molecule has 0 radical (unpaired) electrons. The lowest BCUT2D eigenvalue weighted by Crippen LogP contribution is -2.20. The molecule has 1 N–H and O–H groups in total. The van der Waals surface area contributed by atoms with Crippen LogP contribution in [0.1, 0.15) is 16.8 Å². The fourth-order valence-electron chi connectivity index (χ4n) is 2.02. The zero-order valence-electron chi connectivity index (χ0n) is 11.6. The Hall–Kier alpha value is -2.91. The maximum Gasteiger partial charge on any atom is 0.573 e. The molecular weight excluding hydrogens is 317 g/mol. The van der Waals surface area contributed by atoms with Crippen LogP contribution in [-0.4, -0.2) is 26.6 Å². The highest BCUT2D eigenvalue weighted by Crippen LogP contribution is 2.28. The Morgan fingerprint density at radius 3 is 2.83 bits per heavy atom. The number of fused-ring (bicyclic) bond motifs is 1. The molecule has 0 aliphatic rings. The van der Waals surface area contributed by atoms with E-state index in [-0.39, 0.29) is 34.7 Å². The molecule has 0 aliphatic carbocycles. The van der Waals surface area contributed by atoms with E-state index >= 15 is 0 Å². The van der Waals surface area contributed by atoms with E-state index in [0.717, 1.165) is 0 Å². The Morgan fingerprint density at radius 2 is 2.09 bits per heavy atom. The molecule has 23 heavy (non-hydrogen) atoms. The van der Waals surface area contributed by atoms with Crippen LogP contribution in [0.4, 0.5) is 13.2 Å². The average Bonchev–Trinajstić information content (AvgIpc) is 2.87. The van der Waals surface area contributed by atoms with Gasteiger partial charge in [-0.05, 0) is 28.9 Å². The summed E-state index contributed by atoms with van der Waals surface area (Å²) in [4.78, 5) is 18.2. The molecule has 0 atom stereocenters. The number of benzene rings is 1. The van der Waals surface area contributed by atoms with Crippen molar-refractivity contribution < 1.29 is 22.5 Å². The summed E-state index contributed by atoms with van der Waals surface area (Å²) < 4.78 is 45.9. The Bertz CT molecular complexity index is 917. The van der Waals surface area contributed by atoms with Gasteiger partial charge in [-0.15, -0.1) is 13.2 Å². The van der Waals surface area contributed by atoms with Crippen molar-refractivity contribution in [3.8, 4) is 5.75 Å². The summed E-state index contributed by atoms with van der Waals surface area (Å²) in [5, 5.41) is 6.91. The zero-order chi connectivity index (χ0) is 16.6. The standard InChI is InChI=1S/C13H9F3N4O3/c1-6-2-3-7(9(4-6)22-13(14,15)16)5-8-12(21)18-11-10(17-8)19-23-20-11/h2-4H,5H2,1H3,(H,18,20,21). The number of nitrogens with one attached hydrogen (secondary N) is 1. The Morgan fingerprint density at radius 1 is 1.30 bits per heavy atom. The van der Waals surface area contributed by atoms with Gasteiger partial charge < -0.3 is 4.74 Å². The second-order valence-electron chi connectivity index (χ2n) is 4.78. The van der Waals surface area contributed by atoms with Crippen LogP contribution in [-0.2, 0) is 6.42 Å². The summed E-state index contributed by atoms with van der Waals surface area (Å²) in [6, 6.07) is 4.30. The third-order valence-corrected chi connectivity index (χ3v) is 3.01. The van der Waals surface area contributed by atoms with Gasteiger partial charge in [-0.1, -0.05) is 12.1 Å². The lowest BCUT2D eigenvalue weighted by molar-refractivity contribution is -0.274. The number of ether oxygens (including phenoxy) is 1. The predicted molar refractivity (Wildman–Crippen MR) is 70.9 cm³/mol. The Balaban J connectivity index is 2.01. The fraction of sp³-hybridized carbons (Fsp3) is 0.231. The van der Waals surface area contributed by atoms with Crippen LogP contribution in [0.2, 0.25) is 0 Å². The smallest absolute Gasteiger partial charge is 0.405 e. The maximum atomic E-state index is 12.5. The van der Waals surface area contributed by atoms with Crippen LogP contribution in [0.3, 0.4) is 0 Å². The minimum Gasteiger partial charge on any atom is -0.405 e. The predicted octanol–water partition coefficient (Wildman–Crippen LogP) is 2.10. The average molecular weight is 326 g/mol. The van der Waals surface area contributed by atoms with Crippen LogP contribution < -0.4 is 10.3 Å². The number of nitrogens with zero attached hydrogens (tertiary/aromatic N) is 3. The van der Waals surface area contributed by atoms with Crippen LogP contribution in [0.25, 0.3) is 11.3 Å². The number of alkyl halides is 3. The summed E-state index contributed by atoms with van der Waals surface area (Å²) in [6.07, 6.45) is -4.99. The molecule has 3 rings (SSSR count). The number of hydrogen-bond acceptors (Lipinski definition) is 6. The van der Waals surface area contributed by atoms with Gasteiger partial charge in [-0.3, -0.25) is 9.78 Å². The number of H-pyrrole nitrogens is 1. The van der Waals surface area contributed by atoms with Gasteiger partial charge >= 0.3 is 6.36 Å². The molecule has 1 aromatic carbocycles. The number of aryl methyl sites for hydroxylation is 1. The molecule has 0 saturated carbocycles. The van der Waals surface area contributed by atoms with Gasteiger partial charge in [0.05, 0.1) is 0 Å². The molecule has 0 saturated heterocycles. The monoisotopic (exact) mass is 326 g/mol. The maximum absolute atomic E-state index is 12.5. The molecule has 2 heterocycles. The van der Waals surface area contributed by atoms with Crippen LogP contribution >= 0.6 is 0 Å². The zero-order valence-corrected chi connectivity index (χ0v) is 11.6. The molecule has 0 aliphatic heterocycles. The van der Waals surface area contributed by atoms with E-state index in [4.69, 9.17) is 0 Å². The molecule has 7 nitrogen and oxygen atoms in total. The second-order valence-corrected chi connectivity index (χ2v) is 4.78. The summed E-state index contributed by atoms with van der Waals surface area (Å²) in [7, 11) is 0. The van der Waals surface area contributed by atoms with Gasteiger partial charge in [-0.25, -0.2) is 9.61 Å². The van der Waals surface area contributed by atoms with Gasteiger partial charge in [0.15, 0.2) is 0 Å². The quantitative estimate of drug-likeness (QED) is 0.792. The van der Waals surface area contributed by atoms with Gasteiger partial charge in [0.25, 0.3) is 5.56 Å². The van der Waals surface area contributed by atoms with Crippen LogP contribution in [0.5, 0.6) is 5.75 Å². The van der Waals surface area contributed by atoms with Crippen molar-refractivity contribution in [3.05, 3.63) is 45.4 Å². The highest BCUT2D eigenvalue weighted by molar-refractivity contribution is 5.62. The van der Waals surface area contributed by atoms with Crippen molar-refractivity contribution in [1.82, 2.24) is 20.3 Å². The molecule has 3 aromatic rings. The fourth-order valence-corrected chi connectivity index (χ4v) is 2.02. The van der Waals surface area contributed by atoms with Crippen molar-refractivity contribution in [2.75, 3.05) is 0 Å².